The topological polar surface area (TPSA) is 77.3 Å². The average Bonchev–Trinajstić information content (AvgIpc) is 3.26. The number of hydrogen-bond acceptors (Lipinski definition) is 6. The second-order valence-corrected chi connectivity index (χ2v) is 13.2. The maximum Gasteiger partial charge on any atom is 0.164 e. The standard InChI is InChI=1S/C48H30N6/c1-3-10-33(11-4-1)46-52-47(34-12-5-2-6-13-34)54-48(53-46)39-16-7-15-37(29-39)41-25-23-38-28-35(22-24-42(38)50-41)36-20-19-31-21-26-43(51-44(31)30-36)40-18-8-14-32-17-9-27-49-45(32)40/h1-30H. The van der Waals surface area contributed by atoms with Crippen molar-refractivity contribution in [2.45, 2.75) is 0 Å². The summed E-state index contributed by atoms with van der Waals surface area (Å²) in [6, 6.07) is 59.9. The summed E-state index contributed by atoms with van der Waals surface area (Å²) in [6.07, 6.45) is 1.83. The first-order chi connectivity index (χ1) is 26.7. The van der Waals surface area contributed by atoms with Crippen LogP contribution in [0.2, 0.25) is 0 Å². The summed E-state index contributed by atoms with van der Waals surface area (Å²) in [4.78, 5) is 29.5. The van der Waals surface area contributed by atoms with Crippen molar-refractivity contribution in [2.75, 3.05) is 0 Å². The zero-order valence-corrected chi connectivity index (χ0v) is 29.0. The van der Waals surface area contributed by atoms with Crippen molar-refractivity contribution >= 4 is 32.7 Å². The third kappa shape index (κ3) is 5.91. The van der Waals surface area contributed by atoms with Crippen LogP contribution in [0.4, 0.5) is 0 Å². The molecule has 0 N–H and O–H groups in total. The van der Waals surface area contributed by atoms with Crippen LogP contribution < -0.4 is 0 Å². The summed E-state index contributed by atoms with van der Waals surface area (Å²) >= 11 is 0. The van der Waals surface area contributed by atoms with Crippen LogP contribution in [0.15, 0.2) is 182 Å². The molecule has 4 aromatic heterocycles. The van der Waals surface area contributed by atoms with Gasteiger partial charge in [0, 0.05) is 50.2 Å². The van der Waals surface area contributed by atoms with E-state index >= 15 is 0 Å². The van der Waals surface area contributed by atoms with Crippen molar-refractivity contribution in [3.8, 4) is 67.8 Å². The fourth-order valence-electron chi connectivity index (χ4n) is 6.98. The predicted octanol–water partition coefficient (Wildman–Crippen LogP) is 11.5. The van der Waals surface area contributed by atoms with Gasteiger partial charge in [0.2, 0.25) is 0 Å². The fraction of sp³-hybridized carbons (Fsp3) is 0. The number of hydrogen-bond donors (Lipinski definition) is 0. The van der Waals surface area contributed by atoms with E-state index in [0.717, 1.165) is 83.0 Å². The van der Waals surface area contributed by atoms with Crippen LogP contribution in [-0.4, -0.2) is 29.9 Å². The first-order valence-corrected chi connectivity index (χ1v) is 17.9. The summed E-state index contributed by atoms with van der Waals surface area (Å²) in [6.45, 7) is 0. The largest absolute Gasteiger partial charge is 0.256 e. The van der Waals surface area contributed by atoms with Crippen LogP contribution >= 0.6 is 0 Å². The SMILES string of the molecule is c1ccc(-c2nc(-c3ccccc3)nc(-c3cccc(-c4ccc5cc(-c6ccc7ccc(-c8cccc9cccnc89)nc7c6)ccc5n4)c3)n2)cc1. The molecule has 6 aromatic carbocycles. The van der Waals surface area contributed by atoms with Crippen LogP contribution in [0, 0.1) is 0 Å². The molecule has 0 saturated carbocycles. The highest BCUT2D eigenvalue weighted by atomic mass is 15.0. The van der Waals surface area contributed by atoms with Gasteiger partial charge in [-0.1, -0.05) is 133 Å². The van der Waals surface area contributed by atoms with Crippen molar-refractivity contribution in [3.63, 3.8) is 0 Å². The smallest absolute Gasteiger partial charge is 0.164 e. The van der Waals surface area contributed by atoms with Gasteiger partial charge in [0.25, 0.3) is 0 Å². The molecule has 0 fully saturated rings. The average molecular weight is 691 g/mol. The van der Waals surface area contributed by atoms with Crippen molar-refractivity contribution in [1.82, 2.24) is 29.9 Å². The highest BCUT2D eigenvalue weighted by Gasteiger charge is 2.14. The van der Waals surface area contributed by atoms with Gasteiger partial charge in [-0.25, -0.2) is 24.9 Å². The molecule has 252 valence electrons. The molecular weight excluding hydrogens is 661 g/mol. The zero-order chi connectivity index (χ0) is 35.8. The third-order valence-electron chi connectivity index (χ3n) is 9.74. The molecule has 0 radical (unpaired) electrons. The highest BCUT2D eigenvalue weighted by molar-refractivity contribution is 5.95. The lowest BCUT2D eigenvalue weighted by Gasteiger charge is -2.10. The molecule has 0 aliphatic rings. The summed E-state index contributed by atoms with van der Waals surface area (Å²) < 4.78 is 0. The second-order valence-electron chi connectivity index (χ2n) is 13.2. The number of fused-ring (bicyclic) bond motifs is 3. The molecule has 0 unspecified atom stereocenters. The van der Waals surface area contributed by atoms with E-state index in [-0.39, 0.29) is 0 Å². The maximum absolute atomic E-state index is 5.09. The second kappa shape index (κ2) is 13.3. The molecule has 6 heteroatoms. The normalized spacial score (nSPS) is 11.3. The Bertz CT molecular complexity index is 2940. The first kappa shape index (κ1) is 31.3. The minimum atomic E-state index is 0.612. The molecule has 6 nitrogen and oxygen atoms in total. The molecule has 0 aliphatic heterocycles. The molecule has 10 rings (SSSR count). The highest BCUT2D eigenvalue weighted by Crippen LogP contribution is 2.32. The van der Waals surface area contributed by atoms with Gasteiger partial charge < -0.3 is 0 Å². The van der Waals surface area contributed by atoms with E-state index < -0.39 is 0 Å². The lowest BCUT2D eigenvalue weighted by atomic mass is 10.00. The Balaban J connectivity index is 0.978. The molecule has 0 spiro atoms. The Hall–Kier alpha value is -7.44. The van der Waals surface area contributed by atoms with Crippen molar-refractivity contribution in [1.29, 1.82) is 0 Å². The lowest BCUT2D eigenvalue weighted by molar-refractivity contribution is 1.07. The van der Waals surface area contributed by atoms with Crippen LogP contribution in [0.25, 0.3) is 101 Å². The van der Waals surface area contributed by atoms with Gasteiger partial charge >= 0.3 is 0 Å². The molecule has 0 amide bonds. The number of benzene rings is 6. The number of aromatic nitrogens is 6. The van der Waals surface area contributed by atoms with Gasteiger partial charge in [-0.15, -0.1) is 0 Å². The van der Waals surface area contributed by atoms with E-state index in [2.05, 4.69) is 102 Å². The summed E-state index contributed by atoms with van der Waals surface area (Å²) in [5.74, 6) is 1.88. The summed E-state index contributed by atoms with van der Waals surface area (Å²) in [7, 11) is 0. The van der Waals surface area contributed by atoms with Crippen molar-refractivity contribution in [3.05, 3.63) is 182 Å². The van der Waals surface area contributed by atoms with Crippen molar-refractivity contribution in [2.24, 2.45) is 0 Å². The summed E-state index contributed by atoms with van der Waals surface area (Å²) in [5.41, 5.74) is 11.6. The number of nitrogens with zero attached hydrogens (tertiary/aromatic N) is 6. The van der Waals surface area contributed by atoms with E-state index in [1.165, 1.54) is 0 Å². The quantitative estimate of drug-likeness (QED) is 0.173. The van der Waals surface area contributed by atoms with E-state index in [9.17, 15) is 0 Å². The van der Waals surface area contributed by atoms with Gasteiger partial charge in [0.15, 0.2) is 17.5 Å². The van der Waals surface area contributed by atoms with Crippen LogP contribution in [0.1, 0.15) is 0 Å². The predicted molar refractivity (Wildman–Crippen MR) is 218 cm³/mol. The minimum Gasteiger partial charge on any atom is -0.256 e. The number of para-hydroxylation sites is 1. The van der Waals surface area contributed by atoms with Gasteiger partial charge in [-0.05, 0) is 53.6 Å². The molecule has 0 saturated heterocycles. The maximum atomic E-state index is 5.09. The molecule has 4 heterocycles. The molecule has 54 heavy (non-hydrogen) atoms. The van der Waals surface area contributed by atoms with Crippen LogP contribution in [0.5, 0.6) is 0 Å². The first-order valence-electron chi connectivity index (χ1n) is 17.9. The van der Waals surface area contributed by atoms with Gasteiger partial charge in [0.05, 0.1) is 27.9 Å². The Kier molecular flexibility index (Phi) is 7.69. The Morgan fingerprint density at radius 1 is 0.296 bits per heavy atom. The lowest BCUT2D eigenvalue weighted by Crippen LogP contribution is -2.00. The monoisotopic (exact) mass is 690 g/mol. The van der Waals surface area contributed by atoms with E-state index in [1.807, 2.05) is 85.1 Å². The molecule has 0 aliphatic carbocycles. The fourth-order valence-corrected chi connectivity index (χ4v) is 6.98. The molecule has 0 atom stereocenters. The molecule has 10 aromatic rings. The zero-order valence-electron chi connectivity index (χ0n) is 29.0. The van der Waals surface area contributed by atoms with Gasteiger partial charge in [-0.2, -0.15) is 0 Å². The minimum absolute atomic E-state index is 0.612. The van der Waals surface area contributed by atoms with E-state index in [0.29, 0.717) is 17.5 Å². The number of pyridine rings is 3. The Labute approximate surface area is 311 Å². The van der Waals surface area contributed by atoms with Gasteiger partial charge in [0.1, 0.15) is 0 Å². The van der Waals surface area contributed by atoms with Crippen LogP contribution in [0.3, 0.4) is 0 Å². The van der Waals surface area contributed by atoms with Gasteiger partial charge in [-0.3, -0.25) is 4.98 Å². The van der Waals surface area contributed by atoms with Crippen molar-refractivity contribution < 1.29 is 0 Å². The van der Waals surface area contributed by atoms with E-state index in [1.54, 1.807) is 0 Å². The number of rotatable bonds is 6. The summed E-state index contributed by atoms with van der Waals surface area (Å²) in [5, 5.41) is 3.26. The van der Waals surface area contributed by atoms with E-state index in [4.69, 9.17) is 24.9 Å². The Morgan fingerprint density at radius 3 is 1.69 bits per heavy atom. The molecular formula is C48H30N6. The van der Waals surface area contributed by atoms with Crippen LogP contribution in [-0.2, 0) is 0 Å². The Morgan fingerprint density at radius 2 is 0.889 bits per heavy atom. The third-order valence-corrected chi connectivity index (χ3v) is 9.74. The molecule has 0 bridgehead atoms.